The number of phosphoric ester groups is 1. The quantitative estimate of drug-likeness (QED) is 0.0520. The standard InChI is InChI=1S/C27H52NO8P/c1-3-5-7-8-9-10-11-12-13-14-15-16-17-18-20-27(31)34-23-25(29)24-36-37(32,33)35-22-21-28-26(30)19-6-4-2/h11-12,25,29H,3-10,13-24H2,1-2H3,(H,28,30)(H,32,33)/b12-11-. The minimum atomic E-state index is -4.38. The largest absolute Gasteiger partial charge is 0.472 e. The summed E-state index contributed by atoms with van der Waals surface area (Å²) in [7, 11) is -4.38. The third-order valence-corrected chi connectivity index (χ3v) is 6.68. The van der Waals surface area contributed by atoms with E-state index in [0.29, 0.717) is 6.42 Å². The molecule has 37 heavy (non-hydrogen) atoms. The van der Waals surface area contributed by atoms with Gasteiger partial charge in [0.1, 0.15) is 12.7 Å². The highest BCUT2D eigenvalue weighted by Gasteiger charge is 2.23. The molecule has 9 nitrogen and oxygen atoms in total. The van der Waals surface area contributed by atoms with Crippen LogP contribution in [0.25, 0.3) is 0 Å². The molecule has 0 aromatic heterocycles. The number of nitrogens with one attached hydrogen (secondary N) is 1. The minimum Gasteiger partial charge on any atom is -0.463 e. The molecule has 0 bridgehead atoms. The van der Waals surface area contributed by atoms with E-state index in [1.54, 1.807) is 0 Å². The summed E-state index contributed by atoms with van der Waals surface area (Å²) in [5, 5.41) is 12.4. The molecule has 2 unspecified atom stereocenters. The Morgan fingerprint density at radius 1 is 0.811 bits per heavy atom. The molecule has 0 aromatic rings. The highest BCUT2D eigenvalue weighted by molar-refractivity contribution is 7.47. The number of aliphatic hydroxyl groups is 1. The number of hydrogen-bond acceptors (Lipinski definition) is 7. The van der Waals surface area contributed by atoms with Gasteiger partial charge >= 0.3 is 13.8 Å². The van der Waals surface area contributed by atoms with E-state index < -0.39 is 26.5 Å². The molecule has 0 aliphatic heterocycles. The molecular weight excluding hydrogens is 497 g/mol. The Hall–Kier alpha value is -1.25. The lowest BCUT2D eigenvalue weighted by molar-refractivity contribution is -0.147. The predicted octanol–water partition coefficient (Wildman–Crippen LogP) is 5.98. The molecule has 1 amide bonds. The molecule has 0 aromatic carbocycles. The van der Waals surface area contributed by atoms with Crippen molar-refractivity contribution in [3.05, 3.63) is 12.2 Å². The molecule has 0 saturated heterocycles. The summed E-state index contributed by atoms with van der Waals surface area (Å²) in [6, 6.07) is 0. The first-order valence-electron chi connectivity index (χ1n) is 14.2. The van der Waals surface area contributed by atoms with Crippen LogP contribution in [0.1, 0.15) is 117 Å². The van der Waals surface area contributed by atoms with E-state index in [-0.39, 0.29) is 32.1 Å². The van der Waals surface area contributed by atoms with E-state index >= 15 is 0 Å². The average Bonchev–Trinajstić information content (AvgIpc) is 2.87. The highest BCUT2D eigenvalue weighted by Crippen LogP contribution is 2.42. The topological polar surface area (TPSA) is 131 Å². The minimum absolute atomic E-state index is 0.0763. The summed E-state index contributed by atoms with van der Waals surface area (Å²) in [4.78, 5) is 32.9. The molecule has 10 heteroatoms. The summed E-state index contributed by atoms with van der Waals surface area (Å²) < 4.78 is 26.3. The lowest BCUT2D eigenvalue weighted by Gasteiger charge is -2.15. The maximum Gasteiger partial charge on any atom is 0.472 e. The fourth-order valence-corrected chi connectivity index (χ4v) is 4.22. The first-order chi connectivity index (χ1) is 17.8. The second kappa shape index (κ2) is 25.1. The van der Waals surface area contributed by atoms with Gasteiger partial charge in [-0.05, 0) is 38.5 Å². The molecule has 0 aliphatic rings. The first-order valence-corrected chi connectivity index (χ1v) is 15.7. The highest BCUT2D eigenvalue weighted by atomic mass is 31.2. The monoisotopic (exact) mass is 549 g/mol. The molecule has 0 radical (unpaired) electrons. The molecule has 3 N–H and O–H groups in total. The van der Waals surface area contributed by atoms with Crippen molar-refractivity contribution in [3.63, 3.8) is 0 Å². The van der Waals surface area contributed by atoms with Gasteiger partial charge in [0.15, 0.2) is 0 Å². The Morgan fingerprint density at radius 2 is 1.41 bits per heavy atom. The maximum atomic E-state index is 11.8. The molecule has 0 rings (SSSR count). The molecule has 0 aliphatic carbocycles. The van der Waals surface area contributed by atoms with Gasteiger partial charge in [0.25, 0.3) is 0 Å². The predicted molar refractivity (Wildman–Crippen MR) is 146 cm³/mol. The Morgan fingerprint density at radius 3 is 2.05 bits per heavy atom. The zero-order valence-corrected chi connectivity index (χ0v) is 24.1. The Kier molecular flexibility index (Phi) is 24.2. The fourth-order valence-electron chi connectivity index (χ4n) is 3.47. The number of phosphoric acid groups is 1. The SMILES string of the molecule is CCCCCCC/C=C\CCCCCCCC(=O)OCC(O)COP(=O)(O)OCCNC(=O)CCCC. The van der Waals surface area contributed by atoms with Crippen LogP contribution in [0, 0.1) is 0 Å². The smallest absolute Gasteiger partial charge is 0.463 e. The van der Waals surface area contributed by atoms with E-state index in [9.17, 15) is 24.2 Å². The lowest BCUT2D eigenvalue weighted by Crippen LogP contribution is -2.27. The first kappa shape index (κ1) is 35.8. The molecule has 218 valence electrons. The van der Waals surface area contributed by atoms with Gasteiger partial charge in [-0.25, -0.2) is 4.57 Å². The maximum absolute atomic E-state index is 11.8. The summed E-state index contributed by atoms with van der Waals surface area (Å²) in [5.74, 6) is -0.564. The van der Waals surface area contributed by atoms with Crippen molar-refractivity contribution in [1.82, 2.24) is 5.32 Å². The molecule has 0 saturated carbocycles. The van der Waals surface area contributed by atoms with E-state index in [1.165, 1.54) is 38.5 Å². The second-order valence-corrected chi connectivity index (χ2v) is 10.8. The normalized spacial score (nSPS) is 13.9. The number of rotatable bonds is 26. The van der Waals surface area contributed by atoms with Crippen LogP contribution in [0.3, 0.4) is 0 Å². The van der Waals surface area contributed by atoms with Crippen LogP contribution < -0.4 is 5.32 Å². The zero-order valence-electron chi connectivity index (χ0n) is 23.2. The van der Waals surface area contributed by atoms with Crippen LogP contribution in [0.5, 0.6) is 0 Å². The van der Waals surface area contributed by atoms with Gasteiger partial charge in [-0.1, -0.05) is 77.4 Å². The van der Waals surface area contributed by atoms with Crippen molar-refractivity contribution in [3.8, 4) is 0 Å². The summed E-state index contributed by atoms with van der Waals surface area (Å²) in [5.41, 5.74) is 0. The molecular formula is C27H52NO8P. The van der Waals surface area contributed by atoms with Crippen LogP contribution in [0.4, 0.5) is 0 Å². The summed E-state index contributed by atoms with van der Waals surface area (Å²) in [6.45, 7) is 3.24. The van der Waals surface area contributed by atoms with Gasteiger partial charge in [0.05, 0.1) is 13.2 Å². The average molecular weight is 550 g/mol. The van der Waals surface area contributed by atoms with Crippen molar-refractivity contribution in [2.45, 2.75) is 123 Å². The number of amides is 1. The number of ether oxygens (including phenoxy) is 1. The second-order valence-electron chi connectivity index (χ2n) is 9.37. The van der Waals surface area contributed by atoms with Crippen molar-refractivity contribution in [1.29, 1.82) is 0 Å². The van der Waals surface area contributed by atoms with Crippen LogP contribution in [-0.4, -0.2) is 54.3 Å². The van der Waals surface area contributed by atoms with E-state index in [2.05, 4.69) is 24.4 Å². The zero-order chi connectivity index (χ0) is 27.6. The summed E-state index contributed by atoms with van der Waals surface area (Å²) >= 11 is 0. The van der Waals surface area contributed by atoms with E-state index in [4.69, 9.17) is 13.8 Å². The number of allylic oxidation sites excluding steroid dienone is 2. The molecule has 0 fully saturated rings. The van der Waals surface area contributed by atoms with Gasteiger partial charge in [-0.3, -0.25) is 18.6 Å². The van der Waals surface area contributed by atoms with Crippen molar-refractivity contribution in [2.24, 2.45) is 0 Å². The van der Waals surface area contributed by atoms with Crippen LogP contribution in [0.15, 0.2) is 12.2 Å². The number of aliphatic hydroxyl groups excluding tert-OH is 1. The number of unbranched alkanes of at least 4 members (excludes halogenated alkanes) is 11. The van der Waals surface area contributed by atoms with Crippen LogP contribution in [-0.2, 0) is 27.9 Å². The van der Waals surface area contributed by atoms with Crippen molar-refractivity contribution >= 4 is 19.7 Å². The number of carbonyl (C=O) groups is 2. The third-order valence-electron chi connectivity index (χ3n) is 5.70. The van der Waals surface area contributed by atoms with Gasteiger partial charge in [-0.15, -0.1) is 0 Å². The number of esters is 1. The fraction of sp³-hybridized carbons (Fsp3) is 0.852. The number of hydrogen-bond donors (Lipinski definition) is 3. The molecule has 2 atom stereocenters. The Labute approximate surface area is 224 Å². The summed E-state index contributed by atoms with van der Waals surface area (Å²) in [6.07, 6.45) is 19.6. The van der Waals surface area contributed by atoms with Gasteiger partial charge in [0, 0.05) is 19.4 Å². The van der Waals surface area contributed by atoms with Crippen molar-refractivity contribution < 1.29 is 37.9 Å². The Balaban J connectivity index is 3.64. The van der Waals surface area contributed by atoms with Crippen LogP contribution >= 0.6 is 7.82 Å². The molecule has 0 spiro atoms. The Bertz CT molecular complexity index is 644. The van der Waals surface area contributed by atoms with Crippen LogP contribution in [0.2, 0.25) is 0 Å². The van der Waals surface area contributed by atoms with Gasteiger partial charge < -0.3 is 20.1 Å². The molecule has 0 heterocycles. The third kappa shape index (κ3) is 26.2. The van der Waals surface area contributed by atoms with Crippen molar-refractivity contribution in [2.75, 3.05) is 26.4 Å². The number of carbonyl (C=O) groups excluding carboxylic acids is 2. The van der Waals surface area contributed by atoms with Gasteiger partial charge in [-0.2, -0.15) is 0 Å². The van der Waals surface area contributed by atoms with Gasteiger partial charge in [0.2, 0.25) is 5.91 Å². The van der Waals surface area contributed by atoms with E-state index in [1.807, 2.05) is 6.92 Å². The van der Waals surface area contributed by atoms with E-state index in [0.717, 1.165) is 51.4 Å². The lowest BCUT2D eigenvalue weighted by atomic mass is 10.1.